The van der Waals surface area contributed by atoms with E-state index >= 15 is 0 Å². The molecule has 2 N–H and O–H groups in total. The molecule has 0 rings (SSSR count). The van der Waals surface area contributed by atoms with Crippen LogP contribution in [0, 0.1) is 0 Å². The summed E-state index contributed by atoms with van der Waals surface area (Å²) in [5.74, 6) is -0.343. The molecule has 0 unspecified atom stereocenters. The minimum absolute atomic E-state index is 0.0229. The summed E-state index contributed by atoms with van der Waals surface area (Å²) in [7, 11) is 0. The quantitative estimate of drug-likeness (QED) is 0.103. The molecule has 0 aromatic rings. The second kappa shape index (κ2) is 20.0. The van der Waals surface area contributed by atoms with Crippen molar-refractivity contribution in [1.82, 2.24) is 10.6 Å². The van der Waals surface area contributed by atoms with Crippen molar-refractivity contribution in [3.63, 3.8) is 0 Å². The van der Waals surface area contributed by atoms with E-state index in [1.165, 1.54) is 64.2 Å². The van der Waals surface area contributed by atoms with Gasteiger partial charge in [-0.25, -0.2) is 9.59 Å². The van der Waals surface area contributed by atoms with Crippen molar-refractivity contribution < 1.29 is 28.6 Å². The number of amides is 2. The molecule has 0 bridgehead atoms. The van der Waals surface area contributed by atoms with Crippen molar-refractivity contribution in [2.45, 2.75) is 156 Å². The van der Waals surface area contributed by atoms with Crippen LogP contribution in [-0.4, -0.2) is 48.6 Å². The van der Waals surface area contributed by atoms with Crippen LogP contribution in [0.2, 0.25) is 0 Å². The lowest BCUT2D eigenvalue weighted by atomic mass is 10.0. The Morgan fingerprint density at radius 2 is 0.946 bits per heavy atom. The van der Waals surface area contributed by atoms with Crippen LogP contribution >= 0.6 is 0 Å². The Hall–Kier alpha value is -1.99. The average molecular weight is 529 g/mol. The van der Waals surface area contributed by atoms with Gasteiger partial charge in [-0.15, -0.1) is 0 Å². The van der Waals surface area contributed by atoms with Crippen LogP contribution in [0.5, 0.6) is 0 Å². The van der Waals surface area contributed by atoms with Gasteiger partial charge in [-0.2, -0.15) is 0 Å². The van der Waals surface area contributed by atoms with Gasteiger partial charge in [-0.1, -0.05) is 84.0 Å². The summed E-state index contributed by atoms with van der Waals surface area (Å²) in [6.45, 7) is 12.9. The van der Waals surface area contributed by atoms with Gasteiger partial charge in [0.1, 0.15) is 17.3 Å². The molecule has 0 heterocycles. The number of alkyl carbamates (subject to hydrolysis) is 2. The number of ether oxygens (including phenoxy) is 3. The molecule has 0 aliphatic rings. The summed E-state index contributed by atoms with van der Waals surface area (Å²) in [6, 6.07) is 0. The summed E-state index contributed by atoms with van der Waals surface area (Å²) >= 11 is 0. The first-order valence-corrected chi connectivity index (χ1v) is 14.5. The third-order valence-corrected chi connectivity index (χ3v) is 5.53. The lowest BCUT2D eigenvalue weighted by molar-refractivity contribution is -0.148. The highest BCUT2D eigenvalue weighted by Crippen LogP contribution is 2.13. The second-order valence-electron chi connectivity index (χ2n) is 11.9. The molecule has 8 nitrogen and oxygen atoms in total. The van der Waals surface area contributed by atoms with Gasteiger partial charge in [-0.3, -0.25) is 4.79 Å². The molecule has 0 atom stereocenters. The van der Waals surface area contributed by atoms with Gasteiger partial charge in [-0.05, 0) is 48.0 Å². The van der Waals surface area contributed by atoms with Gasteiger partial charge >= 0.3 is 18.2 Å². The predicted octanol–water partition coefficient (Wildman–Crippen LogP) is 7.43. The lowest BCUT2D eigenvalue weighted by Gasteiger charge is -2.23. The number of unbranched alkanes of at least 4 members (excludes halogenated alkanes) is 12. The van der Waals surface area contributed by atoms with Crippen LogP contribution in [0.1, 0.15) is 138 Å². The zero-order chi connectivity index (χ0) is 28.2. The molecule has 0 aliphatic carbocycles. The second-order valence-corrected chi connectivity index (χ2v) is 11.9. The Morgan fingerprint density at radius 3 is 1.30 bits per heavy atom. The summed E-state index contributed by atoms with van der Waals surface area (Å²) < 4.78 is 16.0. The molecular weight excluding hydrogens is 472 g/mol. The van der Waals surface area contributed by atoms with Gasteiger partial charge in [0, 0.05) is 6.42 Å². The highest BCUT2D eigenvalue weighted by molar-refractivity contribution is 5.70. The van der Waals surface area contributed by atoms with Crippen molar-refractivity contribution >= 4 is 18.2 Å². The Balaban J connectivity index is 4.22. The Labute approximate surface area is 226 Å². The van der Waals surface area contributed by atoms with Gasteiger partial charge < -0.3 is 24.8 Å². The molecule has 2 amide bonds. The van der Waals surface area contributed by atoms with Crippen molar-refractivity contribution in [2.24, 2.45) is 0 Å². The first-order chi connectivity index (χ1) is 17.3. The molecule has 0 saturated heterocycles. The van der Waals surface area contributed by atoms with Gasteiger partial charge in [0.2, 0.25) is 0 Å². The fraction of sp³-hybridized carbons (Fsp3) is 0.897. The van der Waals surface area contributed by atoms with E-state index in [0.717, 1.165) is 19.3 Å². The SMILES string of the molecule is CCCCCCCCCCCCCCCC(=O)OC(CNC(=O)OC(C)(C)C)CNC(=O)OC(C)(C)C. The number of nitrogens with one attached hydrogen (secondary N) is 2. The van der Waals surface area contributed by atoms with E-state index in [1.54, 1.807) is 41.5 Å². The van der Waals surface area contributed by atoms with Crippen LogP contribution < -0.4 is 10.6 Å². The van der Waals surface area contributed by atoms with Crippen molar-refractivity contribution in [3.05, 3.63) is 0 Å². The number of carbonyl (C=O) groups excluding carboxylic acids is 3. The van der Waals surface area contributed by atoms with Crippen LogP contribution in [0.4, 0.5) is 9.59 Å². The smallest absolute Gasteiger partial charge is 0.407 e. The third-order valence-electron chi connectivity index (χ3n) is 5.53. The molecular formula is C29H56N2O6. The molecule has 0 saturated carbocycles. The maximum Gasteiger partial charge on any atom is 0.407 e. The number of hydrogen-bond donors (Lipinski definition) is 2. The first-order valence-electron chi connectivity index (χ1n) is 14.5. The van der Waals surface area contributed by atoms with Crippen LogP contribution in [0.25, 0.3) is 0 Å². The first kappa shape index (κ1) is 35.0. The standard InChI is InChI=1S/C29H56N2O6/c1-8-9-10-11-12-13-14-15-16-17-18-19-20-21-25(32)35-24(22-30-26(33)36-28(2,3)4)23-31-27(34)37-29(5,6)7/h24H,8-23H2,1-7H3,(H,30,33)(H,31,34). The fourth-order valence-electron chi connectivity index (χ4n) is 3.71. The largest absolute Gasteiger partial charge is 0.459 e. The molecule has 0 aromatic carbocycles. The Kier molecular flexibility index (Phi) is 19.0. The molecule has 0 aliphatic heterocycles. The van der Waals surface area contributed by atoms with Crippen LogP contribution in [-0.2, 0) is 19.0 Å². The van der Waals surface area contributed by atoms with E-state index in [-0.39, 0.29) is 19.1 Å². The van der Waals surface area contributed by atoms with Crippen LogP contribution in [0.15, 0.2) is 0 Å². The topological polar surface area (TPSA) is 103 Å². The van der Waals surface area contributed by atoms with Crippen molar-refractivity contribution in [3.8, 4) is 0 Å². The number of carbonyl (C=O) groups is 3. The molecule has 218 valence electrons. The maximum atomic E-state index is 12.4. The normalized spacial score (nSPS) is 11.8. The molecule has 0 fully saturated rings. The van der Waals surface area contributed by atoms with E-state index in [4.69, 9.17) is 14.2 Å². The molecule has 0 radical (unpaired) electrons. The summed E-state index contributed by atoms with van der Waals surface area (Å²) in [5, 5.41) is 5.21. The van der Waals surface area contributed by atoms with Gasteiger partial charge in [0.15, 0.2) is 0 Å². The fourth-order valence-corrected chi connectivity index (χ4v) is 3.71. The number of rotatable bonds is 19. The molecule has 0 aromatic heterocycles. The van der Waals surface area contributed by atoms with Crippen LogP contribution in [0.3, 0.4) is 0 Å². The Morgan fingerprint density at radius 1 is 0.595 bits per heavy atom. The lowest BCUT2D eigenvalue weighted by Crippen LogP contribution is -2.44. The van der Waals surface area contributed by atoms with E-state index < -0.39 is 29.5 Å². The summed E-state index contributed by atoms with van der Waals surface area (Å²) in [6.07, 6.45) is 14.5. The molecule has 8 heteroatoms. The maximum absolute atomic E-state index is 12.4. The van der Waals surface area contributed by atoms with Gasteiger partial charge in [0.25, 0.3) is 0 Å². The zero-order valence-electron chi connectivity index (χ0n) is 24.8. The van der Waals surface area contributed by atoms with Gasteiger partial charge in [0.05, 0.1) is 13.1 Å². The number of hydrogen-bond acceptors (Lipinski definition) is 6. The summed E-state index contributed by atoms with van der Waals surface area (Å²) in [4.78, 5) is 36.4. The Bertz CT molecular complexity index is 593. The average Bonchev–Trinajstić information content (AvgIpc) is 2.76. The zero-order valence-corrected chi connectivity index (χ0v) is 24.8. The highest BCUT2D eigenvalue weighted by atomic mass is 16.6. The predicted molar refractivity (Wildman–Crippen MR) is 149 cm³/mol. The molecule has 37 heavy (non-hydrogen) atoms. The minimum Gasteiger partial charge on any atom is -0.459 e. The molecule has 0 spiro atoms. The summed E-state index contributed by atoms with van der Waals surface area (Å²) in [5.41, 5.74) is -1.28. The van der Waals surface area contributed by atoms with E-state index in [1.807, 2.05) is 0 Å². The minimum atomic E-state index is -0.727. The monoisotopic (exact) mass is 528 g/mol. The van der Waals surface area contributed by atoms with Crippen molar-refractivity contribution in [1.29, 1.82) is 0 Å². The number of esters is 1. The highest BCUT2D eigenvalue weighted by Gasteiger charge is 2.22. The van der Waals surface area contributed by atoms with Crippen molar-refractivity contribution in [2.75, 3.05) is 13.1 Å². The third kappa shape index (κ3) is 25.4. The van der Waals surface area contributed by atoms with E-state index in [0.29, 0.717) is 6.42 Å². The van der Waals surface area contributed by atoms with E-state index in [2.05, 4.69) is 17.6 Å². The van der Waals surface area contributed by atoms with E-state index in [9.17, 15) is 14.4 Å².